The van der Waals surface area contributed by atoms with Crippen LogP contribution >= 0.6 is 22.9 Å². The first-order valence-electron chi connectivity index (χ1n) is 9.22. The van der Waals surface area contributed by atoms with Crippen LogP contribution in [0.5, 0.6) is 5.75 Å². The Morgan fingerprint density at radius 1 is 1.25 bits per heavy atom. The van der Waals surface area contributed by atoms with E-state index in [1.807, 2.05) is 31.2 Å². The number of anilines is 1. The van der Waals surface area contributed by atoms with Gasteiger partial charge in [-0.05, 0) is 30.7 Å². The first-order valence-corrected chi connectivity index (χ1v) is 10.4. The minimum Gasteiger partial charge on any atom is -0.494 e. The van der Waals surface area contributed by atoms with Crippen LogP contribution in [0, 0.1) is 6.92 Å². The van der Waals surface area contributed by atoms with E-state index in [2.05, 4.69) is 14.1 Å². The lowest BCUT2D eigenvalue weighted by Crippen LogP contribution is -3.05. The number of nitrogens with zero attached hydrogens (tertiary/aromatic N) is 2. The predicted molar refractivity (Wildman–Crippen MR) is 116 cm³/mol. The van der Waals surface area contributed by atoms with Crippen LogP contribution < -0.4 is 14.5 Å². The molecule has 0 aliphatic carbocycles. The van der Waals surface area contributed by atoms with E-state index in [1.165, 1.54) is 16.2 Å². The van der Waals surface area contributed by atoms with Crippen molar-refractivity contribution in [3.63, 3.8) is 0 Å². The van der Waals surface area contributed by atoms with E-state index in [1.54, 1.807) is 24.1 Å². The second kappa shape index (κ2) is 8.90. The zero-order valence-corrected chi connectivity index (χ0v) is 18.2. The van der Waals surface area contributed by atoms with Gasteiger partial charge in [-0.15, -0.1) is 0 Å². The lowest BCUT2D eigenvalue weighted by molar-refractivity contribution is -0.858. The lowest BCUT2D eigenvalue weighted by atomic mass is 10.1. The topological polar surface area (TPSA) is 46.9 Å². The summed E-state index contributed by atoms with van der Waals surface area (Å²) < 4.78 is 6.26. The van der Waals surface area contributed by atoms with Gasteiger partial charge in [-0.1, -0.05) is 41.1 Å². The van der Waals surface area contributed by atoms with E-state index in [4.69, 9.17) is 21.3 Å². The Morgan fingerprint density at radius 3 is 2.68 bits per heavy atom. The smallest absolute Gasteiger partial charge is 0.260 e. The molecule has 2 aromatic carbocycles. The average Bonchev–Trinajstić information content (AvgIpc) is 3.11. The number of benzene rings is 2. The summed E-state index contributed by atoms with van der Waals surface area (Å²) in [7, 11) is 5.82. The molecule has 148 valence electrons. The number of rotatable bonds is 7. The maximum absolute atomic E-state index is 13.4. The SMILES string of the molecule is COc1ccc(Cl)c2sc(N(CCC[NH+](C)C)C(=O)c3ccccc3C)nc12. The van der Waals surface area contributed by atoms with Crippen molar-refractivity contribution in [2.24, 2.45) is 0 Å². The number of aryl methyl sites for hydroxylation is 1. The standard InChI is InChI=1S/C21H24ClN3O2S/c1-14-8-5-6-9-15(14)20(26)25(13-7-12-24(2)3)21-23-18-17(27-4)11-10-16(22)19(18)28-21/h5-6,8-11H,7,12-13H2,1-4H3/p+1. The highest BCUT2D eigenvalue weighted by Crippen LogP contribution is 2.39. The number of quaternary nitrogens is 1. The number of nitrogens with one attached hydrogen (secondary N) is 1. The molecule has 0 aliphatic rings. The molecule has 0 saturated carbocycles. The van der Waals surface area contributed by atoms with Gasteiger partial charge in [-0.2, -0.15) is 0 Å². The highest BCUT2D eigenvalue weighted by atomic mass is 35.5. The van der Waals surface area contributed by atoms with Gasteiger partial charge in [0.05, 0.1) is 37.5 Å². The fourth-order valence-electron chi connectivity index (χ4n) is 3.05. The molecule has 0 spiro atoms. The van der Waals surface area contributed by atoms with E-state index < -0.39 is 0 Å². The summed E-state index contributed by atoms with van der Waals surface area (Å²) in [6, 6.07) is 11.2. The van der Waals surface area contributed by atoms with Gasteiger partial charge in [0.15, 0.2) is 5.13 Å². The zero-order chi connectivity index (χ0) is 20.3. The Kier molecular flexibility index (Phi) is 6.54. The number of carbonyl (C=O) groups is 1. The third-order valence-corrected chi connectivity index (χ3v) is 6.12. The van der Waals surface area contributed by atoms with Gasteiger partial charge >= 0.3 is 0 Å². The van der Waals surface area contributed by atoms with Crippen LogP contribution in [0.2, 0.25) is 5.02 Å². The van der Waals surface area contributed by atoms with Crippen LogP contribution in [0.15, 0.2) is 36.4 Å². The van der Waals surface area contributed by atoms with Gasteiger partial charge in [0, 0.05) is 18.5 Å². The summed E-state index contributed by atoms with van der Waals surface area (Å²) in [5.41, 5.74) is 2.33. The number of methoxy groups -OCH3 is 1. The third-order valence-electron chi connectivity index (χ3n) is 4.58. The van der Waals surface area contributed by atoms with Crippen molar-refractivity contribution in [3.8, 4) is 5.75 Å². The van der Waals surface area contributed by atoms with Crippen molar-refractivity contribution < 1.29 is 14.4 Å². The molecule has 28 heavy (non-hydrogen) atoms. The lowest BCUT2D eigenvalue weighted by Gasteiger charge is -2.21. The summed E-state index contributed by atoms with van der Waals surface area (Å²) in [6.45, 7) is 3.51. The van der Waals surface area contributed by atoms with Crippen molar-refractivity contribution in [3.05, 3.63) is 52.5 Å². The summed E-state index contributed by atoms with van der Waals surface area (Å²) in [5.74, 6) is 0.615. The van der Waals surface area contributed by atoms with Crippen molar-refractivity contribution in [1.29, 1.82) is 0 Å². The summed E-state index contributed by atoms with van der Waals surface area (Å²) >= 11 is 7.80. The first kappa shape index (κ1) is 20.6. The molecule has 0 fully saturated rings. The molecule has 0 bridgehead atoms. The fourth-order valence-corrected chi connectivity index (χ4v) is 4.33. The van der Waals surface area contributed by atoms with Crippen LogP contribution in [-0.4, -0.2) is 45.2 Å². The number of halogens is 1. The highest BCUT2D eigenvalue weighted by molar-refractivity contribution is 7.23. The molecule has 1 N–H and O–H groups in total. The van der Waals surface area contributed by atoms with Crippen molar-refractivity contribution in [2.75, 3.05) is 39.2 Å². The van der Waals surface area contributed by atoms with Gasteiger partial charge in [0.2, 0.25) is 0 Å². The Morgan fingerprint density at radius 2 is 2.00 bits per heavy atom. The maximum atomic E-state index is 13.4. The van der Waals surface area contributed by atoms with E-state index in [0.717, 1.165) is 23.2 Å². The number of amides is 1. The van der Waals surface area contributed by atoms with Crippen LogP contribution in [0.25, 0.3) is 10.2 Å². The van der Waals surface area contributed by atoms with Gasteiger partial charge < -0.3 is 9.64 Å². The second-order valence-corrected chi connectivity index (χ2v) is 8.39. The third kappa shape index (κ3) is 4.29. The number of hydrogen-bond donors (Lipinski definition) is 1. The van der Waals surface area contributed by atoms with Gasteiger partial charge in [0.1, 0.15) is 11.3 Å². The van der Waals surface area contributed by atoms with Gasteiger partial charge in [0.25, 0.3) is 5.91 Å². The largest absolute Gasteiger partial charge is 0.494 e. The van der Waals surface area contributed by atoms with Crippen molar-refractivity contribution in [2.45, 2.75) is 13.3 Å². The minimum absolute atomic E-state index is 0.0407. The molecule has 1 heterocycles. The minimum atomic E-state index is -0.0407. The highest BCUT2D eigenvalue weighted by Gasteiger charge is 2.24. The van der Waals surface area contributed by atoms with E-state index in [0.29, 0.717) is 33.5 Å². The molecule has 3 aromatic rings. The molecule has 1 aromatic heterocycles. The molecule has 7 heteroatoms. The number of ether oxygens (including phenoxy) is 1. The molecule has 0 saturated heterocycles. The molecule has 0 atom stereocenters. The fraction of sp³-hybridized carbons (Fsp3) is 0.333. The summed E-state index contributed by atoms with van der Waals surface area (Å²) in [6.07, 6.45) is 0.876. The van der Waals surface area contributed by atoms with Crippen LogP contribution in [0.1, 0.15) is 22.3 Å². The normalized spacial score (nSPS) is 11.2. The van der Waals surface area contributed by atoms with E-state index in [-0.39, 0.29) is 5.91 Å². The zero-order valence-electron chi connectivity index (χ0n) is 16.6. The van der Waals surface area contributed by atoms with Gasteiger partial charge in [-0.25, -0.2) is 4.98 Å². The Hall–Kier alpha value is -2.15. The summed E-state index contributed by atoms with van der Waals surface area (Å²) in [5, 5.41) is 1.25. The van der Waals surface area contributed by atoms with Crippen LogP contribution in [0.3, 0.4) is 0 Å². The van der Waals surface area contributed by atoms with Crippen LogP contribution in [0.4, 0.5) is 5.13 Å². The molecule has 0 aliphatic heterocycles. The Balaban J connectivity index is 2.03. The second-order valence-electron chi connectivity index (χ2n) is 7.01. The molecule has 0 radical (unpaired) electrons. The summed E-state index contributed by atoms with van der Waals surface area (Å²) in [4.78, 5) is 21.2. The quantitative estimate of drug-likeness (QED) is 0.639. The first-order chi connectivity index (χ1) is 13.4. The van der Waals surface area contributed by atoms with Crippen LogP contribution in [-0.2, 0) is 0 Å². The number of aromatic nitrogens is 1. The number of hydrogen-bond acceptors (Lipinski definition) is 4. The predicted octanol–water partition coefficient (Wildman–Crippen LogP) is 3.45. The number of fused-ring (bicyclic) bond motifs is 1. The number of thiazole rings is 1. The monoisotopic (exact) mass is 418 g/mol. The van der Waals surface area contributed by atoms with E-state index >= 15 is 0 Å². The molecule has 0 unspecified atom stereocenters. The van der Waals surface area contributed by atoms with Crippen molar-refractivity contribution in [1.82, 2.24) is 4.98 Å². The molecular weight excluding hydrogens is 394 g/mol. The molecular formula is C21H25ClN3O2S+. The Bertz CT molecular complexity index is 987. The van der Waals surface area contributed by atoms with Crippen molar-refractivity contribution >= 4 is 44.2 Å². The molecule has 1 amide bonds. The average molecular weight is 419 g/mol. The van der Waals surface area contributed by atoms with Gasteiger partial charge in [-0.3, -0.25) is 9.69 Å². The van der Waals surface area contributed by atoms with E-state index in [9.17, 15) is 4.79 Å². The maximum Gasteiger partial charge on any atom is 0.260 e. The Labute approximate surface area is 174 Å². The molecule has 3 rings (SSSR count). The molecule has 5 nitrogen and oxygen atoms in total. The number of carbonyl (C=O) groups excluding carboxylic acids is 1.